The van der Waals surface area contributed by atoms with Crippen LogP contribution in [0.5, 0.6) is 0 Å². The second-order valence-electron chi connectivity index (χ2n) is 7.92. The van der Waals surface area contributed by atoms with E-state index in [4.69, 9.17) is 23.2 Å². The van der Waals surface area contributed by atoms with E-state index in [-0.39, 0.29) is 0 Å². The maximum Gasteiger partial charge on any atom is 0.0461 e. The van der Waals surface area contributed by atoms with E-state index in [1.807, 2.05) is 30.0 Å². The molecule has 164 valence electrons. The Kier molecular flexibility index (Phi) is 9.34. The highest BCUT2D eigenvalue weighted by Crippen LogP contribution is 2.40. The van der Waals surface area contributed by atoms with Crippen LogP contribution in [0.15, 0.2) is 72.8 Å². The molecule has 0 aliphatic rings. The van der Waals surface area contributed by atoms with E-state index in [9.17, 15) is 0 Å². The maximum atomic E-state index is 6.45. The van der Waals surface area contributed by atoms with Crippen LogP contribution in [0, 0.1) is 5.92 Å². The molecule has 0 N–H and O–H groups in total. The topological polar surface area (TPSA) is 3.24 Å². The number of hydrogen-bond acceptors (Lipinski definition) is 2. The summed E-state index contributed by atoms with van der Waals surface area (Å²) in [5.74, 6) is 1.38. The van der Waals surface area contributed by atoms with Crippen LogP contribution in [0.2, 0.25) is 10.0 Å². The summed E-state index contributed by atoms with van der Waals surface area (Å²) in [5.41, 5.74) is 5.01. The third-order valence-electron chi connectivity index (χ3n) is 5.74. The lowest BCUT2D eigenvalue weighted by Gasteiger charge is -2.29. The molecule has 1 nitrogen and oxygen atoms in total. The van der Waals surface area contributed by atoms with Crippen LogP contribution in [0.3, 0.4) is 0 Å². The number of nitrogens with zero attached hydrogens (tertiary/aromatic N) is 1. The van der Waals surface area contributed by atoms with Gasteiger partial charge >= 0.3 is 0 Å². The number of thioether (sulfide) groups is 1. The van der Waals surface area contributed by atoms with Crippen molar-refractivity contribution in [1.82, 2.24) is 4.90 Å². The number of halogens is 2. The zero-order chi connectivity index (χ0) is 22.2. The smallest absolute Gasteiger partial charge is 0.0461 e. The standard InChI is InChI=1S/C27H31Cl2NS/c1-4-30(5-2)18-20(3)27(31-19-24-15-16-25(28)17-26(24)29)23-13-11-22(12-14-23)21-9-7-6-8-10-21/h6-17,20,27H,4-5,18-19H2,1-3H3. The fourth-order valence-corrected chi connectivity index (χ4v) is 5.82. The monoisotopic (exact) mass is 471 g/mol. The van der Waals surface area contributed by atoms with Crippen LogP contribution in [0.25, 0.3) is 11.1 Å². The minimum absolute atomic E-state index is 0.386. The van der Waals surface area contributed by atoms with E-state index in [1.165, 1.54) is 16.7 Å². The SMILES string of the molecule is CCN(CC)CC(C)C(SCc1ccc(Cl)cc1Cl)c1ccc(-c2ccccc2)cc1. The van der Waals surface area contributed by atoms with Crippen molar-refractivity contribution in [2.24, 2.45) is 5.92 Å². The number of rotatable bonds is 10. The van der Waals surface area contributed by atoms with Gasteiger partial charge in [-0.25, -0.2) is 0 Å². The predicted molar refractivity (Wildman–Crippen MR) is 139 cm³/mol. The number of hydrogen-bond donors (Lipinski definition) is 0. The molecule has 4 heteroatoms. The van der Waals surface area contributed by atoms with Crippen molar-refractivity contribution in [3.05, 3.63) is 94.0 Å². The molecule has 3 aromatic carbocycles. The molecule has 0 amide bonds. The highest BCUT2D eigenvalue weighted by molar-refractivity contribution is 7.98. The van der Waals surface area contributed by atoms with Gasteiger partial charge in [0, 0.05) is 27.6 Å². The molecule has 0 saturated carbocycles. The van der Waals surface area contributed by atoms with Crippen molar-refractivity contribution >= 4 is 35.0 Å². The summed E-state index contributed by atoms with van der Waals surface area (Å²) in [7, 11) is 0. The molecule has 0 aliphatic carbocycles. The molecule has 0 saturated heterocycles. The molecule has 0 aliphatic heterocycles. The Morgan fingerprint density at radius 2 is 1.48 bits per heavy atom. The van der Waals surface area contributed by atoms with Gasteiger partial charge in [-0.2, -0.15) is 0 Å². The summed E-state index contributed by atoms with van der Waals surface area (Å²) in [6.07, 6.45) is 0. The minimum Gasteiger partial charge on any atom is -0.304 e. The molecular weight excluding hydrogens is 441 g/mol. The van der Waals surface area contributed by atoms with Crippen LogP contribution in [-0.2, 0) is 5.75 Å². The first-order valence-corrected chi connectivity index (χ1v) is 12.8. The Bertz CT molecular complexity index is 939. The Balaban J connectivity index is 1.82. The fraction of sp³-hybridized carbons (Fsp3) is 0.333. The Morgan fingerprint density at radius 3 is 2.10 bits per heavy atom. The molecule has 31 heavy (non-hydrogen) atoms. The average molecular weight is 473 g/mol. The third kappa shape index (κ3) is 6.76. The van der Waals surface area contributed by atoms with Crippen molar-refractivity contribution in [2.75, 3.05) is 19.6 Å². The Hall–Kier alpha value is -1.45. The molecule has 2 unspecified atom stereocenters. The summed E-state index contributed by atoms with van der Waals surface area (Å²) in [6, 6.07) is 25.4. The van der Waals surface area contributed by atoms with E-state index in [1.54, 1.807) is 0 Å². The molecule has 0 heterocycles. The van der Waals surface area contributed by atoms with Crippen LogP contribution in [-0.4, -0.2) is 24.5 Å². The van der Waals surface area contributed by atoms with E-state index < -0.39 is 0 Å². The summed E-state index contributed by atoms with van der Waals surface area (Å²) < 4.78 is 0. The van der Waals surface area contributed by atoms with Gasteiger partial charge in [-0.3, -0.25) is 0 Å². The van der Waals surface area contributed by atoms with Crippen molar-refractivity contribution in [3.63, 3.8) is 0 Å². The van der Waals surface area contributed by atoms with Crippen LogP contribution in [0.4, 0.5) is 0 Å². The highest BCUT2D eigenvalue weighted by atomic mass is 35.5. The van der Waals surface area contributed by atoms with Crippen molar-refractivity contribution in [1.29, 1.82) is 0 Å². The van der Waals surface area contributed by atoms with E-state index >= 15 is 0 Å². The van der Waals surface area contributed by atoms with Gasteiger partial charge in [0.15, 0.2) is 0 Å². The van der Waals surface area contributed by atoms with Gasteiger partial charge in [0.05, 0.1) is 0 Å². The summed E-state index contributed by atoms with van der Waals surface area (Å²) >= 11 is 14.5. The van der Waals surface area contributed by atoms with E-state index in [0.29, 0.717) is 16.2 Å². The summed E-state index contributed by atoms with van der Waals surface area (Å²) in [4.78, 5) is 2.51. The summed E-state index contributed by atoms with van der Waals surface area (Å²) in [5, 5.41) is 1.81. The fourth-order valence-electron chi connectivity index (χ4n) is 3.89. The lowest BCUT2D eigenvalue weighted by Crippen LogP contribution is -2.30. The summed E-state index contributed by atoms with van der Waals surface area (Å²) in [6.45, 7) is 10.1. The molecule has 0 fully saturated rings. The van der Waals surface area contributed by atoms with E-state index in [0.717, 1.165) is 36.0 Å². The maximum absolute atomic E-state index is 6.45. The Labute approximate surface area is 201 Å². The second-order valence-corrected chi connectivity index (χ2v) is 9.89. The van der Waals surface area contributed by atoms with Gasteiger partial charge in [-0.15, -0.1) is 11.8 Å². The van der Waals surface area contributed by atoms with Crippen molar-refractivity contribution in [2.45, 2.75) is 31.8 Å². The van der Waals surface area contributed by atoms with Gasteiger partial charge in [-0.1, -0.05) is 105 Å². The molecule has 0 spiro atoms. The van der Waals surface area contributed by atoms with Gasteiger partial charge in [0.1, 0.15) is 0 Å². The van der Waals surface area contributed by atoms with Crippen molar-refractivity contribution < 1.29 is 0 Å². The first-order chi connectivity index (χ1) is 15.0. The van der Waals surface area contributed by atoms with E-state index in [2.05, 4.69) is 80.3 Å². The normalized spacial score (nSPS) is 13.4. The van der Waals surface area contributed by atoms with Gasteiger partial charge in [-0.05, 0) is 53.4 Å². The van der Waals surface area contributed by atoms with Crippen molar-refractivity contribution in [3.8, 4) is 11.1 Å². The average Bonchev–Trinajstić information content (AvgIpc) is 2.80. The van der Waals surface area contributed by atoms with Crippen LogP contribution < -0.4 is 0 Å². The molecule has 2 atom stereocenters. The quantitative estimate of drug-likeness (QED) is 0.291. The highest BCUT2D eigenvalue weighted by Gasteiger charge is 2.22. The molecule has 0 aromatic heterocycles. The first-order valence-electron chi connectivity index (χ1n) is 10.9. The molecular formula is C27H31Cl2NS. The minimum atomic E-state index is 0.386. The van der Waals surface area contributed by atoms with Crippen LogP contribution >= 0.6 is 35.0 Å². The van der Waals surface area contributed by atoms with Crippen LogP contribution in [0.1, 0.15) is 37.1 Å². The third-order valence-corrected chi connectivity index (χ3v) is 7.90. The molecule has 3 rings (SSSR count). The molecule has 3 aromatic rings. The molecule has 0 radical (unpaired) electrons. The molecule has 0 bridgehead atoms. The second kappa shape index (κ2) is 12.0. The van der Waals surface area contributed by atoms with Gasteiger partial charge < -0.3 is 4.90 Å². The zero-order valence-electron chi connectivity index (χ0n) is 18.5. The lowest BCUT2D eigenvalue weighted by molar-refractivity contribution is 0.258. The number of benzene rings is 3. The lowest BCUT2D eigenvalue weighted by atomic mass is 9.97. The largest absolute Gasteiger partial charge is 0.304 e. The predicted octanol–water partition coefficient (Wildman–Crippen LogP) is 8.61. The zero-order valence-corrected chi connectivity index (χ0v) is 20.9. The van der Waals surface area contributed by atoms with Gasteiger partial charge in [0.2, 0.25) is 0 Å². The Morgan fingerprint density at radius 1 is 0.839 bits per heavy atom. The van der Waals surface area contributed by atoms with Gasteiger partial charge in [0.25, 0.3) is 0 Å². The first kappa shape index (κ1) is 24.2.